The summed E-state index contributed by atoms with van der Waals surface area (Å²) in [4.78, 5) is 20.5. The van der Waals surface area contributed by atoms with Crippen LogP contribution in [0.3, 0.4) is 0 Å². The summed E-state index contributed by atoms with van der Waals surface area (Å²) in [5.74, 6) is -1.89. The minimum atomic E-state index is -1.87. The fourth-order valence-corrected chi connectivity index (χ4v) is 3.90. The van der Waals surface area contributed by atoms with Crippen LogP contribution in [0.25, 0.3) is 0 Å². The van der Waals surface area contributed by atoms with Gasteiger partial charge in [-0.3, -0.25) is 14.9 Å². The molecule has 0 spiro atoms. The van der Waals surface area contributed by atoms with Crippen molar-refractivity contribution in [2.75, 3.05) is 7.11 Å². The van der Waals surface area contributed by atoms with Gasteiger partial charge in [0.1, 0.15) is 11.9 Å². The van der Waals surface area contributed by atoms with E-state index >= 15 is 0 Å². The molecule has 0 radical (unpaired) electrons. The topological polar surface area (TPSA) is 89.7 Å². The molecule has 2 atom stereocenters. The van der Waals surface area contributed by atoms with Gasteiger partial charge in [0.25, 0.3) is 5.69 Å². The lowest BCUT2D eigenvalue weighted by molar-refractivity contribution is -0.385. The Labute approximate surface area is 143 Å². The number of non-ortho nitro benzene ring substituents is 1. The van der Waals surface area contributed by atoms with E-state index in [0.29, 0.717) is 18.9 Å². The van der Waals surface area contributed by atoms with Gasteiger partial charge in [-0.05, 0) is 24.8 Å². The minimum Gasteiger partial charge on any atom is -0.468 e. The summed E-state index contributed by atoms with van der Waals surface area (Å²) in [7, 11) is 1.15. The second kappa shape index (κ2) is 6.29. The fourth-order valence-electron chi connectivity index (χ4n) is 3.30. The third-order valence-corrected chi connectivity index (χ3v) is 5.70. The Bertz CT molecular complexity index is 676. The number of hydrogen-bond acceptors (Lipinski definition) is 5. The maximum Gasteiger partial charge on any atom is 0.330 e. The number of nitro benzene ring substituents is 1. The van der Waals surface area contributed by atoms with Gasteiger partial charge in [-0.25, -0.2) is 4.39 Å². The molecule has 0 aromatic heterocycles. The number of esters is 1. The molecule has 1 aromatic rings. The molecular formula is C16H19ClFNO5. The Kier molecular flexibility index (Phi) is 4.88. The molecule has 0 bridgehead atoms. The van der Waals surface area contributed by atoms with Gasteiger partial charge in [0.15, 0.2) is 4.87 Å². The van der Waals surface area contributed by atoms with E-state index in [1.165, 1.54) is 0 Å². The summed E-state index contributed by atoms with van der Waals surface area (Å²) in [5.41, 5.74) is -1.45. The Morgan fingerprint density at radius 2 is 2.08 bits per heavy atom. The van der Waals surface area contributed by atoms with E-state index in [0.717, 1.165) is 19.2 Å². The predicted molar refractivity (Wildman–Crippen MR) is 85.1 cm³/mol. The summed E-state index contributed by atoms with van der Waals surface area (Å²) < 4.78 is 19.1. The van der Waals surface area contributed by atoms with E-state index in [9.17, 15) is 24.4 Å². The van der Waals surface area contributed by atoms with Gasteiger partial charge in [-0.2, -0.15) is 0 Å². The van der Waals surface area contributed by atoms with Gasteiger partial charge in [-0.15, -0.1) is 11.6 Å². The number of benzene rings is 1. The van der Waals surface area contributed by atoms with E-state index in [1.807, 2.05) is 13.8 Å². The van der Waals surface area contributed by atoms with Crippen LogP contribution in [0, 0.1) is 27.3 Å². The first-order valence-corrected chi connectivity index (χ1v) is 7.89. The largest absolute Gasteiger partial charge is 0.468 e. The second-order valence-corrected chi connectivity index (χ2v) is 6.98. The monoisotopic (exact) mass is 359 g/mol. The Morgan fingerprint density at radius 1 is 1.50 bits per heavy atom. The predicted octanol–water partition coefficient (Wildman–Crippen LogP) is 3.35. The molecule has 1 aliphatic rings. The highest BCUT2D eigenvalue weighted by molar-refractivity contribution is 6.35. The highest BCUT2D eigenvalue weighted by atomic mass is 35.5. The van der Waals surface area contributed by atoms with E-state index in [2.05, 4.69) is 0 Å². The molecule has 1 fully saturated rings. The third kappa shape index (κ3) is 2.65. The van der Waals surface area contributed by atoms with Crippen molar-refractivity contribution in [1.29, 1.82) is 0 Å². The number of carbonyl (C=O) groups excluding carboxylic acids is 1. The quantitative estimate of drug-likeness (QED) is 0.364. The standard InChI is InChI=1S/C16H19ClFNO5/c1-9(2)15(6-7-15)16(17,14(21)24-3)13(20)11-5-4-10(19(22)23)8-12(11)18/h4-5,8-9,13,20H,6-7H2,1-3H3/t13-,16+/m1/s1. The van der Waals surface area contributed by atoms with Crippen molar-refractivity contribution >= 4 is 23.3 Å². The zero-order chi connectivity index (χ0) is 18.3. The normalized spacial score (nSPS) is 19.5. The van der Waals surface area contributed by atoms with Crippen molar-refractivity contribution in [1.82, 2.24) is 0 Å². The molecule has 1 aromatic carbocycles. The van der Waals surface area contributed by atoms with Crippen molar-refractivity contribution < 1.29 is 24.0 Å². The van der Waals surface area contributed by atoms with Crippen molar-refractivity contribution in [2.24, 2.45) is 11.3 Å². The lowest BCUT2D eigenvalue weighted by Gasteiger charge is -2.39. The number of nitro groups is 1. The number of aliphatic hydroxyl groups excluding tert-OH is 1. The van der Waals surface area contributed by atoms with Gasteiger partial charge in [0.05, 0.1) is 18.1 Å². The molecule has 0 unspecified atom stereocenters. The number of rotatable bonds is 6. The third-order valence-electron chi connectivity index (χ3n) is 4.97. The summed E-state index contributed by atoms with van der Waals surface area (Å²) in [6.45, 7) is 3.73. The summed E-state index contributed by atoms with van der Waals surface area (Å²) in [5, 5.41) is 21.5. The molecular weight excluding hydrogens is 341 g/mol. The fraction of sp³-hybridized carbons (Fsp3) is 0.562. The lowest BCUT2D eigenvalue weighted by atomic mass is 9.74. The van der Waals surface area contributed by atoms with Crippen molar-refractivity contribution in [2.45, 2.75) is 37.7 Å². The summed E-state index contributed by atoms with van der Waals surface area (Å²) >= 11 is 6.57. The Hall–Kier alpha value is -1.73. The molecule has 0 saturated heterocycles. The van der Waals surface area contributed by atoms with Gasteiger partial charge >= 0.3 is 5.97 Å². The number of nitrogens with zero attached hydrogens (tertiary/aromatic N) is 1. The number of ether oxygens (including phenoxy) is 1. The lowest BCUT2D eigenvalue weighted by Crippen LogP contribution is -2.50. The highest BCUT2D eigenvalue weighted by Gasteiger charge is 2.68. The summed E-state index contributed by atoms with van der Waals surface area (Å²) in [6, 6.07) is 2.84. The van der Waals surface area contributed by atoms with E-state index in [1.54, 1.807) is 0 Å². The van der Waals surface area contributed by atoms with Crippen LogP contribution in [-0.4, -0.2) is 28.0 Å². The van der Waals surface area contributed by atoms with E-state index < -0.39 is 38.8 Å². The van der Waals surface area contributed by atoms with Gasteiger partial charge in [-0.1, -0.05) is 13.8 Å². The summed E-state index contributed by atoms with van der Waals surface area (Å²) in [6.07, 6.45) is -0.513. The first-order valence-electron chi connectivity index (χ1n) is 7.51. The van der Waals surface area contributed by atoms with Crippen LogP contribution in [-0.2, 0) is 9.53 Å². The van der Waals surface area contributed by atoms with Crippen LogP contribution >= 0.6 is 11.6 Å². The first kappa shape index (κ1) is 18.6. The van der Waals surface area contributed by atoms with Crippen LogP contribution in [0.2, 0.25) is 0 Å². The maximum absolute atomic E-state index is 14.3. The van der Waals surface area contributed by atoms with Crippen LogP contribution < -0.4 is 0 Å². The number of methoxy groups -OCH3 is 1. The Balaban J connectivity index is 2.52. The zero-order valence-electron chi connectivity index (χ0n) is 13.6. The Morgan fingerprint density at radius 3 is 2.46 bits per heavy atom. The maximum atomic E-state index is 14.3. The number of aliphatic hydroxyl groups is 1. The molecule has 0 aliphatic heterocycles. The molecule has 6 nitrogen and oxygen atoms in total. The number of alkyl halides is 1. The van der Waals surface area contributed by atoms with E-state index in [-0.39, 0.29) is 11.5 Å². The van der Waals surface area contributed by atoms with Crippen LogP contribution in [0.4, 0.5) is 10.1 Å². The molecule has 0 amide bonds. The first-order chi connectivity index (χ1) is 11.1. The number of hydrogen-bond donors (Lipinski definition) is 1. The van der Waals surface area contributed by atoms with Crippen molar-refractivity contribution in [3.8, 4) is 0 Å². The number of halogens is 2. The minimum absolute atomic E-state index is 0.0511. The average Bonchev–Trinajstić information content (AvgIpc) is 3.34. The molecule has 132 valence electrons. The molecule has 1 saturated carbocycles. The van der Waals surface area contributed by atoms with Crippen molar-refractivity contribution in [3.05, 3.63) is 39.7 Å². The van der Waals surface area contributed by atoms with Crippen LogP contribution in [0.5, 0.6) is 0 Å². The van der Waals surface area contributed by atoms with Crippen LogP contribution in [0.15, 0.2) is 18.2 Å². The highest BCUT2D eigenvalue weighted by Crippen LogP contribution is 2.65. The molecule has 24 heavy (non-hydrogen) atoms. The van der Waals surface area contributed by atoms with Gasteiger partial charge in [0, 0.05) is 17.0 Å². The van der Waals surface area contributed by atoms with Gasteiger partial charge in [0.2, 0.25) is 0 Å². The zero-order valence-corrected chi connectivity index (χ0v) is 14.3. The SMILES string of the molecule is COC(=O)[C@@](Cl)([C@H](O)c1ccc([N+](=O)[O-])cc1F)C1(C(C)C)CC1. The molecule has 2 rings (SSSR count). The van der Waals surface area contributed by atoms with Crippen molar-refractivity contribution in [3.63, 3.8) is 0 Å². The molecule has 1 aliphatic carbocycles. The average molecular weight is 360 g/mol. The smallest absolute Gasteiger partial charge is 0.330 e. The molecule has 8 heteroatoms. The van der Waals surface area contributed by atoms with Gasteiger partial charge < -0.3 is 9.84 Å². The molecule has 1 N–H and O–H groups in total. The second-order valence-electron chi connectivity index (χ2n) is 6.38. The number of carbonyl (C=O) groups is 1. The molecule has 0 heterocycles. The van der Waals surface area contributed by atoms with E-state index in [4.69, 9.17) is 16.3 Å². The van der Waals surface area contributed by atoms with Crippen LogP contribution in [0.1, 0.15) is 38.4 Å².